The molecule has 4 aromatic heterocycles. The number of fused-ring (bicyclic) bond motifs is 4. The van der Waals surface area contributed by atoms with Crippen LogP contribution in [0.3, 0.4) is 0 Å². The molecule has 0 atom stereocenters. The Morgan fingerprint density at radius 3 is 1.64 bits per heavy atom. The monoisotopic (exact) mass is 603 g/mol. The van der Waals surface area contributed by atoms with Gasteiger partial charge in [0.15, 0.2) is 23.1 Å². The first kappa shape index (κ1) is 26.8. The first-order valence-corrected chi connectivity index (χ1v) is 15.4. The summed E-state index contributed by atoms with van der Waals surface area (Å²) in [6, 6.07) is 46.9. The maximum absolute atomic E-state index is 6.43. The Morgan fingerprint density at radius 2 is 0.936 bits per heavy atom. The average molecular weight is 604 g/mol. The summed E-state index contributed by atoms with van der Waals surface area (Å²) >= 11 is 0. The molecule has 9 rings (SSSR count). The zero-order valence-electron chi connectivity index (χ0n) is 25.1. The van der Waals surface area contributed by atoms with Gasteiger partial charge in [-0.05, 0) is 40.8 Å². The molecule has 5 aromatic carbocycles. The third kappa shape index (κ3) is 4.80. The van der Waals surface area contributed by atoms with E-state index in [0.29, 0.717) is 17.5 Å². The molecule has 6 heteroatoms. The van der Waals surface area contributed by atoms with Gasteiger partial charge in [0, 0.05) is 45.2 Å². The topological polar surface area (TPSA) is 77.6 Å². The van der Waals surface area contributed by atoms with Gasteiger partial charge in [0.1, 0.15) is 17.0 Å². The third-order valence-electron chi connectivity index (χ3n) is 8.46. The van der Waals surface area contributed by atoms with Gasteiger partial charge in [0.05, 0.1) is 0 Å². The van der Waals surface area contributed by atoms with E-state index in [1.807, 2.05) is 103 Å². The Hall–Kier alpha value is -6.53. The van der Waals surface area contributed by atoms with Gasteiger partial charge in [-0.1, -0.05) is 115 Å². The maximum atomic E-state index is 6.43. The maximum Gasteiger partial charge on any atom is 0.164 e. The molecule has 0 aliphatic rings. The predicted molar refractivity (Wildman–Crippen MR) is 187 cm³/mol. The highest BCUT2D eigenvalue weighted by Crippen LogP contribution is 2.38. The Morgan fingerprint density at radius 1 is 0.383 bits per heavy atom. The Labute approximate surface area is 270 Å². The van der Waals surface area contributed by atoms with Crippen molar-refractivity contribution in [3.05, 3.63) is 152 Å². The minimum absolute atomic E-state index is 0.627. The van der Waals surface area contributed by atoms with Gasteiger partial charge in [-0.15, -0.1) is 0 Å². The first-order chi connectivity index (χ1) is 23.3. The smallest absolute Gasteiger partial charge is 0.164 e. The lowest BCUT2D eigenvalue weighted by Gasteiger charge is -2.09. The number of aromatic nitrogens is 5. The number of hydrogen-bond donors (Lipinski definition) is 0. The fourth-order valence-electron chi connectivity index (χ4n) is 6.11. The summed E-state index contributed by atoms with van der Waals surface area (Å²) < 4.78 is 6.43. The molecule has 0 saturated heterocycles. The molecule has 6 nitrogen and oxygen atoms in total. The van der Waals surface area contributed by atoms with Crippen molar-refractivity contribution in [1.29, 1.82) is 0 Å². The van der Waals surface area contributed by atoms with Crippen LogP contribution < -0.4 is 0 Å². The van der Waals surface area contributed by atoms with Crippen LogP contribution in [0.25, 0.3) is 89.4 Å². The fourth-order valence-corrected chi connectivity index (χ4v) is 6.11. The molecule has 220 valence electrons. The molecule has 0 aliphatic carbocycles. The van der Waals surface area contributed by atoms with Crippen molar-refractivity contribution in [2.75, 3.05) is 0 Å². The molecular formula is C41H25N5O. The van der Waals surface area contributed by atoms with Gasteiger partial charge in [-0.25, -0.2) is 15.0 Å². The lowest BCUT2D eigenvalue weighted by molar-refractivity contribution is 0.668. The Balaban J connectivity index is 1.11. The van der Waals surface area contributed by atoms with E-state index >= 15 is 0 Å². The van der Waals surface area contributed by atoms with E-state index < -0.39 is 0 Å². The molecule has 0 N–H and O–H groups in total. The van der Waals surface area contributed by atoms with Crippen molar-refractivity contribution in [1.82, 2.24) is 24.9 Å². The molecule has 47 heavy (non-hydrogen) atoms. The molecule has 0 fully saturated rings. The summed E-state index contributed by atoms with van der Waals surface area (Å²) in [5.41, 5.74) is 8.06. The van der Waals surface area contributed by atoms with Crippen molar-refractivity contribution < 1.29 is 4.42 Å². The number of furan rings is 1. The van der Waals surface area contributed by atoms with E-state index in [1.54, 1.807) is 0 Å². The highest BCUT2D eigenvalue weighted by Gasteiger charge is 2.17. The van der Waals surface area contributed by atoms with Crippen molar-refractivity contribution in [2.45, 2.75) is 0 Å². The highest BCUT2D eigenvalue weighted by atomic mass is 16.3. The molecule has 0 radical (unpaired) electrons. The number of pyridine rings is 2. The zero-order valence-corrected chi connectivity index (χ0v) is 25.1. The molecule has 0 aliphatic heterocycles. The van der Waals surface area contributed by atoms with Gasteiger partial charge in [-0.2, -0.15) is 0 Å². The van der Waals surface area contributed by atoms with Crippen LogP contribution in [0.4, 0.5) is 0 Å². The minimum atomic E-state index is 0.627. The lowest BCUT2D eigenvalue weighted by Crippen LogP contribution is -2.00. The molecule has 0 saturated carbocycles. The van der Waals surface area contributed by atoms with E-state index in [2.05, 4.69) is 48.5 Å². The second-order valence-electron chi connectivity index (χ2n) is 11.3. The van der Waals surface area contributed by atoms with Crippen molar-refractivity contribution >= 4 is 32.7 Å². The summed E-state index contributed by atoms with van der Waals surface area (Å²) in [5.74, 6) is 1.91. The second-order valence-corrected chi connectivity index (χ2v) is 11.3. The van der Waals surface area contributed by atoms with Gasteiger partial charge >= 0.3 is 0 Å². The van der Waals surface area contributed by atoms with Crippen molar-refractivity contribution in [3.63, 3.8) is 0 Å². The number of hydrogen-bond acceptors (Lipinski definition) is 6. The fraction of sp³-hybridized carbons (Fsp3) is 0. The van der Waals surface area contributed by atoms with Crippen LogP contribution in [-0.2, 0) is 0 Å². The molecule has 4 heterocycles. The summed E-state index contributed by atoms with van der Waals surface area (Å²) in [4.78, 5) is 24.0. The third-order valence-corrected chi connectivity index (χ3v) is 8.46. The van der Waals surface area contributed by atoms with Crippen molar-refractivity contribution in [2.24, 2.45) is 0 Å². The highest BCUT2D eigenvalue weighted by molar-refractivity contribution is 6.11. The minimum Gasteiger partial charge on any atom is -0.454 e. The summed E-state index contributed by atoms with van der Waals surface area (Å²) in [6.07, 6.45) is 3.66. The molecule has 0 unspecified atom stereocenters. The molecular weight excluding hydrogens is 578 g/mol. The van der Waals surface area contributed by atoms with Gasteiger partial charge < -0.3 is 4.42 Å². The number of rotatable bonds is 5. The Bertz CT molecular complexity index is 2500. The van der Waals surface area contributed by atoms with E-state index in [9.17, 15) is 0 Å². The largest absolute Gasteiger partial charge is 0.454 e. The van der Waals surface area contributed by atoms with Gasteiger partial charge in [0.2, 0.25) is 0 Å². The van der Waals surface area contributed by atoms with Crippen LogP contribution in [0, 0.1) is 0 Å². The number of nitrogens with zero attached hydrogens (tertiary/aromatic N) is 5. The molecule has 0 amide bonds. The molecule has 9 aromatic rings. The van der Waals surface area contributed by atoms with Gasteiger partial charge in [0.25, 0.3) is 0 Å². The summed E-state index contributed by atoms with van der Waals surface area (Å²) in [6.45, 7) is 0. The van der Waals surface area contributed by atoms with Gasteiger partial charge in [-0.3, -0.25) is 9.97 Å². The SMILES string of the molecule is c1ccc(-c2nc(-c3ccccc3)nc(-c3ccc(-c4ccc5oc6c(-c7nccc8ccccc78)nccc6c5c4)cc3)n2)cc1. The lowest BCUT2D eigenvalue weighted by atomic mass is 10.0. The van der Waals surface area contributed by atoms with Crippen molar-refractivity contribution in [3.8, 4) is 56.7 Å². The molecule has 0 spiro atoms. The summed E-state index contributed by atoms with van der Waals surface area (Å²) in [5, 5.41) is 4.19. The van der Waals surface area contributed by atoms with Crippen LogP contribution >= 0.6 is 0 Å². The van der Waals surface area contributed by atoms with Crippen LogP contribution in [0.2, 0.25) is 0 Å². The van der Waals surface area contributed by atoms with E-state index in [1.165, 1.54) is 0 Å². The van der Waals surface area contributed by atoms with Crippen LogP contribution in [-0.4, -0.2) is 24.9 Å². The predicted octanol–water partition coefficient (Wildman–Crippen LogP) is 10.0. The number of benzene rings is 5. The van der Waals surface area contributed by atoms with E-state index in [4.69, 9.17) is 29.3 Å². The molecule has 0 bridgehead atoms. The normalized spacial score (nSPS) is 11.4. The zero-order chi connectivity index (χ0) is 31.2. The average Bonchev–Trinajstić information content (AvgIpc) is 3.53. The van der Waals surface area contributed by atoms with Crippen LogP contribution in [0.15, 0.2) is 156 Å². The first-order valence-electron chi connectivity index (χ1n) is 15.4. The Kier molecular flexibility index (Phi) is 6.35. The van der Waals surface area contributed by atoms with E-state index in [-0.39, 0.29) is 0 Å². The van der Waals surface area contributed by atoms with Crippen LogP contribution in [0.5, 0.6) is 0 Å². The van der Waals surface area contributed by atoms with E-state index in [0.717, 1.165) is 71.9 Å². The summed E-state index contributed by atoms with van der Waals surface area (Å²) in [7, 11) is 0. The second kappa shape index (κ2) is 11.1. The van der Waals surface area contributed by atoms with Crippen LogP contribution in [0.1, 0.15) is 0 Å². The standard InChI is InChI=1S/C41H25N5O/c1-3-10-28(11-4-1)39-44-40(29-12-5-2-6-13-29)46-41(45-39)30-17-15-26(16-18-30)31-19-20-35-34(25-31)33-22-24-43-37(38(33)47-35)36-32-14-8-7-9-27(32)21-23-42-36/h1-25H. The quantitative estimate of drug-likeness (QED) is 0.195.